The number of nitrogens with zero attached hydrogens (tertiary/aromatic N) is 2. The Kier molecular flexibility index (Phi) is 6.93. The van der Waals surface area contributed by atoms with Crippen molar-refractivity contribution in [2.45, 2.75) is 5.03 Å². The number of anilines is 2. The van der Waals surface area contributed by atoms with Gasteiger partial charge in [-0.05, 0) is 47.8 Å². The summed E-state index contributed by atoms with van der Waals surface area (Å²) in [5.74, 6) is -0.436. The molecule has 8 nitrogen and oxygen atoms in total. The second kappa shape index (κ2) is 9.80. The number of thioether (sulfide) groups is 1. The number of benzene rings is 1. The summed E-state index contributed by atoms with van der Waals surface area (Å²) >= 11 is 2.55. The Hall–Kier alpha value is -3.24. The number of hydrogen-bond donors (Lipinski definition) is 2. The summed E-state index contributed by atoms with van der Waals surface area (Å²) in [5.41, 5.74) is 0.974. The van der Waals surface area contributed by atoms with Gasteiger partial charge in [0.15, 0.2) is 5.82 Å². The largest absolute Gasteiger partial charge is 0.465 e. The maximum atomic E-state index is 12.1. The molecule has 10 heteroatoms. The van der Waals surface area contributed by atoms with Crippen LogP contribution in [-0.4, -0.2) is 40.8 Å². The first-order valence-electron chi connectivity index (χ1n) is 8.35. The van der Waals surface area contributed by atoms with E-state index >= 15 is 0 Å². The molecule has 2 heterocycles. The predicted molar refractivity (Wildman–Crippen MR) is 111 cm³/mol. The Morgan fingerprint density at radius 1 is 1.03 bits per heavy atom. The number of amides is 2. The van der Waals surface area contributed by atoms with Crippen LogP contribution in [0.3, 0.4) is 0 Å². The van der Waals surface area contributed by atoms with Crippen molar-refractivity contribution in [3.8, 4) is 0 Å². The molecule has 2 aromatic heterocycles. The molecule has 3 rings (SSSR count). The van der Waals surface area contributed by atoms with Gasteiger partial charge in [-0.3, -0.25) is 9.59 Å². The molecule has 0 aliphatic heterocycles. The number of carbonyl (C=O) groups excluding carboxylic acids is 3. The Balaban J connectivity index is 1.47. The minimum absolute atomic E-state index is 0.133. The highest BCUT2D eigenvalue weighted by Crippen LogP contribution is 2.17. The van der Waals surface area contributed by atoms with Gasteiger partial charge in [0, 0.05) is 5.69 Å². The van der Waals surface area contributed by atoms with Crippen LogP contribution in [0.2, 0.25) is 0 Å². The van der Waals surface area contributed by atoms with Crippen LogP contribution in [-0.2, 0) is 9.53 Å². The molecule has 29 heavy (non-hydrogen) atoms. The van der Waals surface area contributed by atoms with Crippen molar-refractivity contribution in [1.29, 1.82) is 0 Å². The SMILES string of the molecule is COC(=O)c1ccc(NC(=O)CSc2ccc(NC(=O)c3cccs3)nn2)cc1. The third kappa shape index (κ3) is 5.87. The van der Waals surface area contributed by atoms with E-state index in [2.05, 4.69) is 25.6 Å². The van der Waals surface area contributed by atoms with Gasteiger partial charge >= 0.3 is 5.97 Å². The van der Waals surface area contributed by atoms with Crippen molar-refractivity contribution in [3.63, 3.8) is 0 Å². The summed E-state index contributed by atoms with van der Waals surface area (Å²) in [5, 5.41) is 15.7. The number of methoxy groups -OCH3 is 1. The fourth-order valence-corrected chi connectivity index (χ4v) is 3.43. The highest BCUT2D eigenvalue weighted by molar-refractivity contribution is 7.99. The standard InChI is InChI=1S/C19H16N4O4S2/c1-27-19(26)12-4-6-13(7-5-12)20-16(24)11-29-17-9-8-15(22-23-17)21-18(25)14-3-2-10-28-14/h2-10H,11H2,1H3,(H,20,24)(H,21,22,25). The van der Waals surface area contributed by atoms with Gasteiger partial charge in [-0.1, -0.05) is 17.8 Å². The van der Waals surface area contributed by atoms with Crippen LogP contribution < -0.4 is 10.6 Å². The lowest BCUT2D eigenvalue weighted by molar-refractivity contribution is -0.113. The molecule has 3 aromatic rings. The van der Waals surface area contributed by atoms with Crippen molar-refractivity contribution >= 4 is 52.4 Å². The second-order valence-electron chi connectivity index (χ2n) is 5.59. The van der Waals surface area contributed by atoms with Crippen LogP contribution in [0.1, 0.15) is 20.0 Å². The third-order valence-corrected chi connectivity index (χ3v) is 5.36. The van der Waals surface area contributed by atoms with Crippen LogP contribution in [0.4, 0.5) is 11.5 Å². The molecule has 0 spiro atoms. The minimum Gasteiger partial charge on any atom is -0.465 e. The molecular weight excluding hydrogens is 412 g/mol. The number of thiophene rings is 1. The topological polar surface area (TPSA) is 110 Å². The van der Waals surface area contributed by atoms with E-state index in [1.54, 1.807) is 48.5 Å². The van der Waals surface area contributed by atoms with Gasteiger partial charge < -0.3 is 15.4 Å². The zero-order chi connectivity index (χ0) is 20.6. The average molecular weight is 428 g/mol. The number of nitrogens with one attached hydrogen (secondary N) is 2. The molecule has 2 N–H and O–H groups in total. The van der Waals surface area contributed by atoms with Crippen molar-refractivity contribution in [3.05, 3.63) is 64.4 Å². The highest BCUT2D eigenvalue weighted by Gasteiger charge is 2.10. The minimum atomic E-state index is -0.438. The Morgan fingerprint density at radius 3 is 2.45 bits per heavy atom. The third-order valence-electron chi connectivity index (χ3n) is 3.57. The maximum absolute atomic E-state index is 12.1. The number of aromatic nitrogens is 2. The molecule has 148 valence electrons. The first-order valence-corrected chi connectivity index (χ1v) is 10.2. The van der Waals surface area contributed by atoms with Gasteiger partial charge in [-0.2, -0.15) is 0 Å². The number of esters is 1. The normalized spacial score (nSPS) is 10.2. The fraction of sp³-hybridized carbons (Fsp3) is 0.105. The fourth-order valence-electron chi connectivity index (χ4n) is 2.19. The summed E-state index contributed by atoms with van der Waals surface area (Å²) in [6.45, 7) is 0. The summed E-state index contributed by atoms with van der Waals surface area (Å²) in [4.78, 5) is 36.0. The van der Waals surface area contributed by atoms with Gasteiger partial charge in [0.1, 0.15) is 5.03 Å². The zero-order valence-electron chi connectivity index (χ0n) is 15.2. The van der Waals surface area contributed by atoms with Crippen LogP contribution >= 0.6 is 23.1 Å². The number of ether oxygens (including phenoxy) is 1. The summed E-state index contributed by atoms with van der Waals surface area (Å²) < 4.78 is 4.63. The predicted octanol–water partition coefficient (Wildman–Crippen LogP) is 3.31. The number of rotatable bonds is 7. The molecule has 0 aliphatic carbocycles. The van der Waals surface area contributed by atoms with Crippen LogP contribution in [0.15, 0.2) is 58.9 Å². The van der Waals surface area contributed by atoms with Crippen LogP contribution in [0, 0.1) is 0 Å². The van der Waals surface area contributed by atoms with Crippen LogP contribution in [0.5, 0.6) is 0 Å². The Bertz CT molecular complexity index is 990. The van der Waals surface area contributed by atoms with E-state index < -0.39 is 5.97 Å². The lowest BCUT2D eigenvalue weighted by Gasteiger charge is -2.06. The molecule has 0 saturated heterocycles. The first kappa shape index (κ1) is 20.5. The summed E-state index contributed by atoms with van der Waals surface area (Å²) in [7, 11) is 1.31. The van der Waals surface area contributed by atoms with Gasteiger partial charge in [0.2, 0.25) is 5.91 Å². The molecule has 0 atom stereocenters. The van der Waals surface area contributed by atoms with Gasteiger partial charge in [-0.15, -0.1) is 21.5 Å². The summed E-state index contributed by atoms with van der Waals surface area (Å²) in [6, 6.07) is 13.2. The molecule has 2 amide bonds. The smallest absolute Gasteiger partial charge is 0.337 e. The number of carbonyl (C=O) groups is 3. The molecule has 0 aliphatic rings. The average Bonchev–Trinajstić information content (AvgIpc) is 3.28. The number of hydrogen-bond acceptors (Lipinski definition) is 8. The molecule has 0 unspecified atom stereocenters. The molecule has 0 radical (unpaired) electrons. The van der Waals surface area contributed by atoms with Crippen molar-refractivity contribution in [2.75, 3.05) is 23.5 Å². The van der Waals surface area contributed by atoms with Crippen molar-refractivity contribution in [2.24, 2.45) is 0 Å². The van der Waals surface area contributed by atoms with Crippen molar-refractivity contribution < 1.29 is 19.1 Å². The Labute approximate surface area is 174 Å². The summed E-state index contributed by atoms with van der Waals surface area (Å²) in [6.07, 6.45) is 0. The van der Waals surface area contributed by atoms with Gasteiger partial charge in [0.05, 0.1) is 23.3 Å². The van der Waals surface area contributed by atoms with E-state index in [-0.39, 0.29) is 17.6 Å². The van der Waals surface area contributed by atoms with Gasteiger partial charge in [0.25, 0.3) is 5.91 Å². The van der Waals surface area contributed by atoms with E-state index in [4.69, 9.17) is 0 Å². The highest BCUT2D eigenvalue weighted by atomic mass is 32.2. The lowest BCUT2D eigenvalue weighted by Crippen LogP contribution is -2.14. The zero-order valence-corrected chi connectivity index (χ0v) is 16.9. The molecular formula is C19H16N4O4S2. The van der Waals surface area contributed by atoms with Crippen molar-refractivity contribution in [1.82, 2.24) is 10.2 Å². The second-order valence-corrected chi connectivity index (χ2v) is 7.54. The van der Waals surface area contributed by atoms with Crippen LogP contribution in [0.25, 0.3) is 0 Å². The van der Waals surface area contributed by atoms with Gasteiger partial charge in [-0.25, -0.2) is 4.79 Å². The molecule has 0 bridgehead atoms. The van der Waals surface area contributed by atoms with E-state index in [1.807, 2.05) is 5.38 Å². The molecule has 1 aromatic carbocycles. The molecule has 0 saturated carbocycles. The van der Waals surface area contributed by atoms with E-state index in [1.165, 1.54) is 30.2 Å². The van der Waals surface area contributed by atoms with E-state index in [0.717, 1.165) is 0 Å². The maximum Gasteiger partial charge on any atom is 0.337 e. The quantitative estimate of drug-likeness (QED) is 0.439. The lowest BCUT2D eigenvalue weighted by atomic mass is 10.2. The molecule has 0 fully saturated rings. The van der Waals surface area contributed by atoms with E-state index in [0.29, 0.717) is 27.0 Å². The van der Waals surface area contributed by atoms with E-state index in [9.17, 15) is 14.4 Å². The Morgan fingerprint density at radius 2 is 1.83 bits per heavy atom. The first-order chi connectivity index (χ1) is 14.0. The monoisotopic (exact) mass is 428 g/mol.